The van der Waals surface area contributed by atoms with Crippen molar-refractivity contribution in [3.8, 4) is 0 Å². The lowest BCUT2D eigenvalue weighted by Gasteiger charge is -2.28. The molecule has 0 aromatic heterocycles. The Morgan fingerprint density at radius 1 is 1.00 bits per heavy atom. The summed E-state index contributed by atoms with van der Waals surface area (Å²) in [5.74, 6) is 0.977. The van der Waals surface area contributed by atoms with Crippen LogP contribution in [0.15, 0.2) is 35.3 Å². The Hall–Kier alpha value is -1.59. The van der Waals surface area contributed by atoms with E-state index in [1.54, 1.807) is 0 Å². The second-order valence-electron chi connectivity index (χ2n) is 8.83. The SMILES string of the molecule is CCNC(=NCC1(c2ccccc2)CCCC1)NCCCN1CCCN(C)CC1. The average molecular weight is 400 g/mol. The van der Waals surface area contributed by atoms with Gasteiger partial charge in [0.05, 0.1) is 6.54 Å². The Balaban J connectivity index is 1.50. The number of nitrogens with one attached hydrogen (secondary N) is 2. The van der Waals surface area contributed by atoms with E-state index in [0.717, 1.165) is 32.0 Å². The van der Waals surface area contributed by atoms with E-state index in [-0.39, 0.29) is 5.41 Å². The fourth-order valence-corrected chi connectivity index (χ4v) is 4.79. The summed E-state index contributed by atoms with van der Waals surface area (Å²) >= 11 is 0. The van der Waals surface area contributed by atoms with Crippen molar-refractivity contribution in [3.05, 3.63) is 35.9 Å². The minimum Gasteiger partial charge on any atom is -0.357 e. The van der Waals surface area contributed by atoms with Crippen LogP contribution in [0.1, 0.15) is 51.0 Å². The predicted octanol–water partition coefficient (Wildman–Crippen LogP) is 3.08. The fraction of sp³-hybridized carbons (Fsp3) is 0.708. The molecule has 1 aliphatic heterocycles. The van der Waals surface area contributed by atoms with E-state index in [2.05, 4.69) is 64.7 Å². The fourth-order valence-electron chi connectivity index (χ4n) is 4.79. The molecule has 0 bridgehead atoms. The van der Waals surface area contributed by atoms with Crippen LogP contribution in [0.25, 0.3) is 0 Å². The van der Waals surface area contributed by atoms with Gasteiger partial charge < -0.3 is 20.4 Å². The summed E-state index contributed by atoms with van der Waals surface area (Å²) in [5, 5.41) is 7.03. The van der Waals surface area contributed by atoms with Crippen molar-refractivity contribution in [2.24, 2.45) is 4.99 Å². The number of nitrogens with zero attached hydrogens (tertiary/aromatic N) is 3. The van der Waals surface area contributed by atoms with Gasteiger partial charge in [0.25, 0.3) is 0 Å². The predicted molar refractivity (Wildman–Crippen MR) is 124 cm³/mol. The molecule has 0 radical (unpaired) electrons. The first kappa shape index (κ1) is 22.1. The smallest absolute Gasteiger partial charge is 0.191 e. The summed E-state index contributed by atoms with van der Waals surface area (Å²) in [7, 11) is 2.23. The van der Waals surface area contributed by atoms with Crippen LogP contribution in [0.3, 0.4) is 0 Å². The molecule has 2 fully saturated rings. The first-order valence-corrected chi connectivity index (χ1v) is 11.7. The van der Waals surface area contributed by atoms with Gasteiger partial charge in [-0.05, 0) is 64.9 Å². The maximum atomic E-state index is 5.03. The number of hydrogen-bond acceptors (Lipinski definition) is 3. The number of hydrogen-bond donors (Lipinski definition) is 2. The highest BCUT2D eigenvalue weighted by molar-refractivity contribution is 5.79. The first-order chi connectivity index (χ1) is 14.2. The molecular weight excluding hydrogens is 358 g/mol. The van der Waals surface area contributed by atoms with Crippen molar-refractivity contribution in [1.82, 2.24) is 20.4 Å². The number of benzene rings is 1. The average Bonchev–Trinajstić information content (AvgIpc) is 3.14. The molecule has 0 amide bonds. The number of guanidine groups is 1. The number of rotatable bonds is 8. The Kier molecular flexibility index (Phi) is 8.81. The molecule has 0 unspecified atom stereocenters. The van der Waals surface area contributed by atoms with Crippen molar-refractivity contribution in [3.63, 3.8) is 0 Å². The zero-order valence-corrected chi connectivity index (χ0v) is 18.6. The highest BCUT2D eigenvalue weighted by Gasteiger charge is 2.35. The van der Waals surface area contributed by atoms with Gasteiger partial charge in [-0.15, -0.1) is 0 Å². The zero-order chi connectivity index (χ0) is 20.4. The molecule has 1 saturated carbocycles. The number of aliphatic imine (C=N–C) groups is 1. The summed E-state index contributed by atoms with van der Waals surface area (Å²) in [6.45, 7) is 10.9. The van der Waals surface area contributed by atoms with E-state index in [1.165, 1.54) is 70.4 Å². The molecule has 5 nitrogen and oxygen atoms in total. The van der Waals surface area contributed by atoms with Gasteiger partial charge in [-0.2, -0.15) is 0 Å². The largest absolute Gasteiger partial charge is 0.357 e. The molecule has 5 heteroatoms. The standard InChI is InChI=1S/C24H41N5/c1-3-25-23(26-15-9-17-29-18-10-16-28(2)19-20-29)27-21-24(13-7-8-14-24)22-11-5-4-6-12-22/h4-6,11-12H,3,7-10,13-21H2,1-2H3,(H2,25,26,27). The van der Waals surface area contributed by atoms with Gasteiger partial charge in [0.1, 0.15) is 0 Å². The van der Waals surface area contributed by atoms with Crippen LogP contribution < -0.4 is 10.6 Å². The van der Waals surface area contributed by atoms with Crippen LogP contribution in [0.5, 0.6) is 0 Å². The van der Waals surface area contributed by atoms with E-state index >= 15 is 0 Å². The van der Waals surface area contributed by atoms with E-state index in [0.29, 0.717) is 0 Å². The minimum absolute atomic E-state index is 0.224. The summed E-state index contributed by atoms with van der Waals surface area (Å²) in [4.78, 5) is 10.1. The third-order valence-electron chi connectivity index (χ3n) is 6.59. The third kappa shape index (κ3) is 6.71. The van der Waals surface area contributed by atoms with Crippen molar-refractivity contribution >= 4 is 5.96 Å². The first-order valence-electron chi connectivity index (χ1n) is 11.7. The van der Waals surface area contributed by atoms with Gasteiger partial charge in [0.15, 0.2) is 5.96 Å². The Morgan fingerprint density at radius 2 is 1.79 bits per heavy atom. The molecule has 3 rings (SSSR count). The highest BCUT2D eigenvalue weighted by Crippen LogP contribution is 2.41. The van der Waals surface area contributed by atoms with Crippen LogP contribution >= 0.6 is 0 Å². The van der Waals surface area contributed by atoms with Crippen molar-refractivity contribution in [2.45, 2.75) is 50.9 Å². The molecule has 0 atom stereocenters. The maximum absolute atomic E-state index is 5.03. The van der Waals surface area contributed by atoms with Crippen molar-refractivity contribution in [2.75, 3.05) is 59.4 Å². The summed E-state index contributed by atoms with van der Waals surface area (Å²) in [5.41, 5.74) is 1.69. The normalized spacial score (nSPS) is 21.1. The summed E-state index contributed by atoms with van der Waals surface area (Å²) in [6.07, 6.45) is 7.60. The second-order valence-corrected chi connectivity index (χ2v) is 8.83. The molecule has 1 saturated heterocycles. The lowest BCUT2D eigenvalue weighted by molar-refractivity contribution is 0.274. The van der Waals surface area contributed by atoms with Gasteiger partial charge in [-0.3, -0.25) is 4.99 Å². The molecule has 1 heterocycles. The van der Waals surface area contributed by atoms with Gasteiger partial charge in [0, 0.05) is 31.6 Å². The van der Waals surface area contributed by atoms with Crippen LogP contribution in [-0.4, -0.2) is 75.2 Å². The lowest BCUT2D eigenvalue weighted by atomic mass is 9.79. The van der Waals surface area contributed by atoms with Crippen molar-refractivity contribution in [1.29, 1.82) is 0 Å². The molecule has 1 aliphatic carbocycles. The Labute approximate surface area is 178 Å². The van der Waals surface area contributed by atoms with E-state index in [9.17, 15) is 0 Å². The minimum atomic E-state index is 0.224. The topological polar surface area (TPSA) is 42.9 Å². The molecule has 1 aromatic rings. The molecule has 2 N–H and O–H groups in total. The lowest BCUT2D eigenvalue weighted by Crippen LogP contribution is -2.40. The third-order valence-corrected chi connectivity index (χ3v) is 6.59. The molecule has 162 valence electrons. The van der Waals surface area contributed by atoms with Crippen LogP contribution in [0.2, 0.25) is 0 Å². The highest BCUT2D eigenvalue weighted by atomic mass is 15.2. The maximum Gasteiger partial charge on any atom is 0.191 e. The molecular formula is C24H41N5. The molecule has 2 aliphatic rings. The Morgan fingerprint density at radius 3 is 2.55 bits per heavy atom. The van der Waals surface area contributed by atoms with Gasteiger partial charge in [-0.25, -0.2) is 0 Å². The zero-order valence-electron chi connectivity index (χ0n) is 18.6. The van der Waals surface area contributed by atoms with E-state index in [1.807, 2.05) is 0 Å². The second kappa shape index (κ2) is 11.6. The van der Waals surface area contributed by atoms with Crippen molar-refractivity contribution < 1.29 is 0 Å². The summed E-state index contributed by atoms with van der Waals surface area (Å²) in [6, 6.07) is 11.0. The van der Waals surface area contributed by atoms with Gasteiger partial charge in [-0.1, -0.05) is 43.2 Å². The van der Waals surface area contributed by atoms with E-state index < -0.39 is 0 Å². The molecule has 1 aromatic carbocycles. The molecule has 0 spiro atoms. The van der Waals surface area contributed by atoms with Gasteiger partial charge >= 0.3 is 0 Å². The van der Waals surface area contributed by atoms with Crippen LogP contribution in [0.4, 0.5) is 0 Å². The number of likely N-dealkylation sites (N-methyl/N-ethyl adjacent to an activating group) is 1. The van der Waals surface area contributed by atoms with Gasteiger partial charge in [0.2, 0.25) is 0 Å². The Bertz CT molecular complexity index is 609. The van der Waals surface area contributed by atoms with E-state index in [4.69, 9.17) is 4.99 Å². The van der Waals surface area contributed by atoms with Crippen LogP contribution in [-0.2, 0) is 5.41 Å². The molecule has 29 heavy (non-hydrogen) atoms. The quantitative estimate of drug-likeness (QED) is 0.401. The summed E-state index contributed by atoms with van der Waals surface area (Å²) < 4.78 is 0. The van der Waals surface area contributed by atoms with Crippen LogP contribution in [0, 0.1) is 0 Å². The monoisotopic (exact) mass is 399 g/mol.